The maximum Gasteiger partial charge on any atom is 0.335 e. The Hall–Kier alpha value is -1.66. The first-order valence-corrected chi connectivity index (χ1v) is 12.3. The average Bonchev–Trinajstić information content (AvgIpc) is 3.45. The van der Waals surface area contributed by atoms with Crippen LogP contribution in [0.2, 0.25) is 0 Å². The standard InChI is InChI=1S/C26H34O6/c1-14(27)31-17-8-10-24(2)16(12-17)5-6-19-18(24)9-11-25(3)21(15-4-7-20(28)30-13-15)22(29)23-26(19,25)32-23/h4,7,13,16-19,21-23,29H,5-6,8-12H2,1-3H3/t16-,17+,18+,19?,21+,22-,23-,24+,25-,26?/m1/s1. The predicted molar refractivity (Wildman–Crippen MR) is 116 cm³/mol. The molecule has 1 spiro atoms. The minimum atomic E-state index is -0.573. The van der Waals surface area contributed by atoms with E-state index < -0.39 is 6.10 Å². The average molecular weight is 443 g/mol. The topological polar surface area (TPSA) is 89.3 Å². The minimum Gasteiger partial charge on any atom is -0.463 e. The first-order valence-electron chi connectivity index (χ1n) is 12.3. The van der Waals surface area contributed by atoms with Gasteiger partial charge in [0.1, 0.15) is 17.8 Å². The van der Waals surface area contributed by atoms with Crippen molar-refractivity contribution in [3.05, 3.63) is 34.4 Å². The number of carbonyl (C=O) groups excluding carboxylic acids is 1. The minimum absolute atomic E-state index is 0.0597. The van der Waals surface area contributed by atoms with Gasteiger partial charge in [0.2, 0.25) is 0 Å². The molecule has 5 fully saturated rings. The van der Waals surface area contributed by atoms with Crippen LogP contribution in [0.25, 0.3) is 0 Å². The van der Waals surface area contributed by atoms with Crippen LogP contribution >= 0.6 is 0 Å². The second-order valence-corrected chi connectivity index (χ2v) is 11.6. The zero-order valence-electron chi connectivity index (χ0n) is 19.2. The van der Waals surface area contributed by atoms with Crippen molar-refractivity contribution < 1.29 is 23.8 Å². The molecule has 4 saturated carbocycles. The van der Waals surface area contributed by atoms with E-state index in [2.05, 4.69) is 13.8 Å². The Bertz CT molecular complexity index is 982. The van der Waals surface area contributed by atoms with Gasteiger partial charge in [0, 0.05) is 24.3 Å². The van der Waals surface area contributed by atoms with Crippen LogP contribution in [0.3, 0.4) is 0 Å². The molecule has 32 heavy (non-hydrogen) atoms. The van der Waals surface area contributed by atoms with Gasteiger partial charge in [-0.05, 0) is 79.7 Å². The summed E-state index contributed by atoms with van der Waals surface area (Å²) in [6, 6.07) is 3.28. The third kappa shape index (κ3) is 2.54. The van der Waals surface area contributed by atoms with E-state index in [1.807, 2.05) is 6.07 Å². The van der Waals surface area contributed by atoms with E-state index in [1.54, 1.807) is 6.26 Å². The van der Waals surface area contributed by atoms with Crippen LogP contribution in [0.5, 0.6) is 0 Å². The molecule has 1 aliphatic heterocycles. The van der Waals surface area contributed by atoms with Gasteiger partial charge in [-0.1, -0.05) is 13.8 Å². The van der Waals surface area contributed by atoms with Gasteiger partial charge in [0.15, 0.2) is 0 Å². The molecule has 174 valence electrons. The lowest BCUT2D eigenvalue weighted by Crippen LogP contribution is -2.58. The molecule has 1 aromatic heterocycles. The zero-order chi connectivity index (χ0) is 22.5. The van der Waals surface area contributed by atoms with Gasteiger partial charge >= 0.3 is 11.6 Å². The molecule has 10 atom stereocenters. The summed E-state index contributed by atoms with van der Waals surface area (Å²) in [5.74, 6) is 1.34. The molecule has 0 aromatic carbocycles. The fraction of sp³-hybridized carbons (Fsp3) is 0.769. The van der Waals surface area contributed by atoms with Crippen molar-refractivity contribution >= 4 is 5.97 Å². The van der Waals surface area contributed by atoms with Crippen molar-refractivity contribution in [3.8, 4) is 0 Å². The zero-order valence-corrected chi connectivity index (χ0v) is 19.2. The summed E-state index contributed by atoms with van der Waals surface area (Å²) in [5.41, 5.74) is 0.332. The number of esters is 1. The lowest BCUT2D eigenvalue weighted by molar-refractivity contribution is -0.163. The molecule has 0 bridgehead atoms. The lowest BCUT2D eigenvalue weighted by atomic mass is 9.44. The van der Waals surface area contributed by atoms with Crippen molar-refractivity contribution in [3.63, 3.8) is 0 Å². The van der Waals surface area contributed by atoms with Gasteiger partial charge in [0.05, 0.1) is 12.4 Å². The molecule has 0 amide bonds. The fourth-order valence-electron chi connectivity index (χ4n) is 9.14. The smallest absolute Gasteiger partial charge is 0.335 e. The number of rotatable bonds is 2. The van der Waals surface area contributed by atoms with E-state index in [0.29, 0.717) is 17.8 Å². The molecule has 0 radical (unpaired) electrons. The van der Waals surface area contributed by atoms with Crippen molar-refractivity contribution in [2.24, 2.45) is 28.6 Å². The Kier molecular flexibility index (Phi) is 4.37. The molecule has 5 aliphatic rings. The van der Waals surface area contributed by atoms with Crippen LogP contribution in [-0.2, 0) is 14.3 Å². The quantitative estimate of drug-likeness (QED) is 0.554. The van der Waals surface area contributed by atoms with Crippen LogP contribution in [0.1, 0.15) is 77.2 Å². The Balaban J connectivity index is 1.31. The lowest BCUT2D eigenvalue weighted by Gasteiger charge is -2.61. The van der Waals surface area contributed by atoms with Crippen LogP contribution in [0.4, 0.5) is 0 Å². The Morgan fingerprint density at radius 1 is 1.12 bits per heavy atom. The molecule has 2 heterocycles. The summed E-state index contributed by atoms with van der Waals surface area (Å²) in [4.78, 5) is 23.0. The molecule has 6 heteroatoms. The Morgan fingerprint density at radius 3 is 2.66 bits per heavy atom. The molecule has 1 aromatic rings. The number of epoxide rings is 1. The molecule has 4 aliphatic carbocycles. The largest absolute Gasteiger partial charge is 0.463 e. The summed E-state index contributed by atoms with van der Waals surface area (Å²) < 4.78 is 17.3. The monoisotopic (exact) mass is 442 g/mol. The highest BCUT2D eigenvalue weighted by atomic mass is 16.6. The van der Waals surface area contributed by atoms with Crippen LogP contribution < -0.4 is 5.63 Å². The fourth-order valence-corrected chi connectivity index (χ4v) is 9.14. The summed E-state index contributed by atoms with van der Waals surface area (Å²) in [5, 5.41) is 11.3. The SMILES string of the molecule is CC(=O)O[C@H]1CC[C@@]2(C)[C@H](CCC3[C@@H]2CC[C@]2(C)[C@@H](c4ccc(=O)oc4)[C@@H](O)[C@H]4OC342)C1. The van der Waals surface area contributed by atoms with Crippen LogP contribution in [-0.4, -0.2) is 35.0 Å². The second-order valence-electron chi connectivity index (χ2n) is 11.6. The number of carbonyl (C=O) groups is 1. The number of hydrogen-bond donors (Lipinski definition) is 1. The molecule has 2 unspecified atom stereocenters. The second kappa shape index (κ2) is 6.69. The summed E-state index contributed by atoms with van der Waals surface area (Å²) in [6.45, 7) is 6.27. The van der Waals surface area contributed by atoms with Gasteiger partial charge < -0.3 is 19.0 Å². The highest BCUT2D eigenvalue weighted by Gasteiger charge is 2.83. The number of fused-ring (bicyclic) bond motifs is 3. The molecule has 6 rings (SSSR count). The van der Waals surface area contributed by atoms with E-state index in [-0.39, 0.29) is 46.2 Å². The van der Waals surface area contributed by atoms with E-state index in [1.165, 1.54) is 13.0 Å². The maximum atomic E-state index is 11.5. The van der Waals surface area contributed by atoms with E-state index in [0.717, 1.165) is 50.5 Å². The van der Waals surface area contributed by atoms with Gasteiger partial charge in [-0.25, -0.2) is 4.79 Å². The summed E-state index contributed by atoms with van der Waals surface area (Å²) in [6.07, 6.45) is 8.27. The predicted octanol–water partition coefficient (Wildman–Crippen LogP) is 3.80. The van der Waals surface area contributed by atoms with Gasteiger partial charge in [-0.15, -0.1) is 0 Å². The van der Waals surface area contributed by atoms with Crippen molar-refractivity contribution in [2.45, 2.75) is 95.5 Å². The van der Waals surface area contributed by atoms with E-state index in [9.17, 15) is 14.7 Å². The third-order valence-electron chi connectivity index (χ3n) is 10.5. The Morgan fingerprint density at radius 2 is 1.94 bits per heavy atom. The van der Waals surface area contributed by atoms with E-state index >= 15 is 0 Å². The molecule has 1 saturated heterocycles. The number of hydrogen-bond acceptors (Lipinski definition) is 6. The third-order valence-corrected chi connectivity index (χ3v) is 10.5. The normalized spacial score (nSPS) is 51.1. The van der Waals surface area contributed by atoms with Crippen LogP contribution in [0.15, 0.2) is 27.6 Å². The highest BCUT2D eigenvalue weighted by molar-refractivity contribution is 5.66. The van der Waals surface area contributed by atoms with Gasteiger partial charge in [0.25, 0.3) is 0 Å². The van der Waals surface area contributed by atoms with Gasteiger partial charge in [-0.3, -0.25) is 4.79 Å². The van der Waals surface area contributed by atoms with Gasteiger partial charge in [-0.2, -0.15) is 0 Å². The summed E-state index contributed by atoms with van der Waals surface area (Å²) >= 11 is 0. The molecule has 6 nitrogen and oxygen atoms in total. The highest BCUT2D eigenvalue weighted by Crippen LogP contribution is 2.77. The van der Waals surface area contributed by atoms with E-state index in [4.69, 9.17) is 13.9 Å². The molecular weight excluding hydrogens is 408 g/mol. The first-order chi connectivity index (χ1) is 15.2. The molecular formula is C26H34O6. The van der Waals surface area contributed by atoms with Crippen LogP contribution in [0, 0.1) is 28.6 Å². The summed E-state index contributed by atoms with van der Waals surface area (Å²) in [7, 11) is 0. The van der Waals surface area contributed by atoms with Crippen molar-refractivity contribution in [1.29, 1.82) is 0 Å². The maximum absolute atomic E-state index is 11.5. The Labute approximate surface area is 188 Å². The van der Waals surface area contributed by atoms with Crippen molar-refractivity contribution in [1.82, 2.24) is 0 Å². The number of aliphatic hydroxyl groups excluding tert-OH is 1. The first kappa shape index (κ1) is 20.9. The number of aliphatic hydroxyl groups is 1. The van der Waals surface area contributed by atoms with Crippen molar-refractivity contribution in [2.75, 3.05) is 0 Å². The molecule has 1 N–H and O–H groups in total. The number of ether oxygens (including phenoxy) is 2.